The first-order valence-electron chi connectivity index (χ1n) is 9.39. The normalized spacial score (nSPS) is 20.9. The Morgan fingerprint density at radius 3 is 2.81 bits per heavy atom. The SMILES string of the molecule is CN1CCN(c2cc(NC3CCCN(c4cnn(C)c4)C3)ncn2)CC1=O. The first-order valence-corrected chi connectivity index (χ1v) is 9.39. The van der Waals surface area contributed by atoms with E-state index in [0.717, 1.165) is 49.8 Å². The maximum Gasteiger partial charge on any atom is 0.241 e. The molecule has 2 aliphatic heterocycles. The molecule has 144 valence electrons. The summed E-state index contributed by atoms with van der Waals surface area (Å²) in [6.07, 6.45) is 7.76. The molecule has 1 atom stereocenters. The number of anilines is 3. The van der Waals surface area contributed by atoms with E-state index < -0.39 is 0 Å². The van der Waals surface area contributed by atoms with Gasteiger partial charge in [-0.3, -0.25) is 9.48 Å². The van der Waals surface area contributed by atoms with Crippen LogP contribution in [0.4, 0.5) is 17.3 Å². The number of piperidine rings is 1. The van der Waals surface area contributed by atoms with E-state index in [4.69, 9.17) is 0 Å². The molecule has 1 unspecified atom stereocenters. The van der Waals surface area contributed by atoms with Gasteiger partial charge in [0.15, 0.2) is 0 Å². The Balaban J connectivity index is 1.41. The zero-order valence-electron chi connectivity index (χ0n) is 15.9. The van der Waals surface area contributed by atoms with Gasteiger partial charge in [0.2, 0.25) is 5.91 Å². The number of nitrogens with one attached hydrogen (secondary N) is 1. The van der Waals surface area contributed by atoms with Crippen LogP contribution >= 0.6 is 0 Å². The number of likely N-dealkylation sites (N-methyl/N-ethyl adjacent to an activating group) is 1. The lowest BCUT2D eigenvalue weighted by Crippen LogP contribution is -2.48. The van der Waals surface area contributed by atoms with Crippen LogP contribution in [0.1, 0.15) is 12.8 Å². The quantitative estimate of drug-likeness (QED) is 0.842. The molecular weight excluding hydrogens is 344 g/mol. The second-order valence-electron chi connectivity index (χ2n) is 7.30. The second-order valence-corrected chi connectivity index (χ2v) is 7.30. The van der Waals surface area contributed by atoms with Crippen LogP contribution in [-0.2, 0) is 11.8 Å². The zero-order chi connectivity index (χ0) is 18.8. The molecule has 2 aliphatic rings. The van der Waals surface area contributed by atoms with Crippen molar-refractivity contribution in [1.82, 2.24) is 24.6 Å². The molecule has 4 rings (SSSR count). The predicted octanol–water partition coefficient (Wildman–Crippen LogP) is 0.569. The van der Waals surface area contributed by atoms with E-state index in [1.807, 2.05) is 35.9 Å². The van der Waals surface area contributed by atoms with Crippen molar-refractivity contribution in [2.45, 2.75) is 18.9 Å². The fraction of sp³-hybridized carbons (Fsp3) is 0.556. The molecular formula is C18H26N8O. The van der Waals surface area contributed by atoms with Gasteiger partial charge in [0.05, 0.1) is 18.4 Å². The average molecular weight is 370 g/mol. The van der Waals surface area contributed by atoms with Gasteiger partial charge in [-0.25, -0.2) is 9.97 Å². The zero-order valence-corrected chi connectivity index (χ0v) is 15.9. The van der Waals surface area contributed by atoms with Gasteiger partial charge in [-0.2, -0.15) is 5.10 Å². The van der Waals surface area contributed by atoms with Gasteiger partial charge in [-0.15, -0.1) is 0 Å². The number of carbonyl (C=O) groups is 1. The Morgan fingerprint density at radius 2 is 2.04 bits per heavy atom. The first-order chi connectivity index (χ1) is 13.1. The standard InChI is InChI=1S/C18H26N8O/c1-23-6-7-26(12-18(23)27)17-8-16(19-13-20-17)22-14-4-3-5-25(10-14)15-9-21-24(2)11-15/h8-9,11,13-14H,3-7,10,12H2,1-2H3,(H,19,20,22). The Hall–Kier alpha value is -2.84. The lowest BCUT2D eigenvalue weighted by atomic mass is 10.1. The van der Waals surface area contributed by atoms with E-state index in [9.17, 15) is 4.79 Å². The minimum Gasteiger partial charge on any atom is -0.367 e. The molecule has 2 saturated heterocycles. The minimum atomic E-state index is 0.119. The fourth-order valence-corrected chi connectivity index (χ4v) is 3.66. The van der Waals surface area contributed by atoms with Gasteiger partial charge >= 0.3 is 0 Å². The first kappa shape index (κ1) is 17.6. The number of nitrogens with zero attached hydrogens (tertiary/aromatic N) is 7. The van der Waals surface area contributed by atoms with E-state index in [-0.39, 0.29) is 5.91 Å². The maximum atomic E-state index is 12.0. The number of aryl methyl sites for hydroxylation is 1. The lowest BCUT2D eigenvalue weighted by molar-refractivity contribution is -0.129. The Bertz CT molecular complexity index is 806. The molecule has 2 aromatic heterocycles. The van der Waals surface area contributed by atoms with Crippen molar-refractivity contribution in [2.24, 2.45) is 7.05 Å². The van der Waals surface area contributed by atoms with Crippen LogP contribution in [0.3, 0.4) is 0 Å². The van der Waals surface area contributed by atoms with Crippen molar-refractivity contribution in [3.8, 4) is 0 Å². The van der Waals surface area contributed by atoms with Crippen LogP contribution in [0.15, 0.2) is 24.8 Å². The topological polar surface area (TPSA) is 82.4 Å². The van der Waals surface area contributed by atoms with Gasteiger partial charge < -0.3 is 20.0 Å². The third-order valence-electron chi connectivity index (χ3n) is 5.26. The molecule has 9 nitrogen and oxygen atoms in total. The molecule has 0 aromatic carbocycles. The van der Waals surface area contributed by atoms with Crippen molar-refractivity contribution in [1.29, 1.82) is 0 Å². The molecule has 0 bridgehead atoms. The molecule has 0 aliphatic carbocycles. The van der Waals surface area contributed by atoms with Crippen LogP contribution in [0, 0.1) is 0 Å². The summed E-state index contributed by atoms with van der Waals surface area (Å²) in [5.74, 6) is 1.73. The summed E-state index contributed by atoms with van der Waals surface area (Å²) < 4.78 is 1.83. The lowest BCUT2D eigenvalue weighted by Gasteiger charge is -2.34. The molecule has 27 heavy (non-hydrogen) atoms. The highest BCUT2D eigenvalue weighted by Gasteiger charge is 2.24. The molecule has 0 radical (unpaired) electrons. The summed E-state index contributed by atoms with van der Waals surface area (Å²) in [4.78, 5) is 26.8. The summed E-state index contributed by atoms with van der Waals surface area (Å²) in [7, 11) is 3.78. The molecule has 0 saturated carbocycles. The van der Waals surface area contributed by atoms with Gasteiger partial charge in [-0.05, 0) is 12.8 Å². The van der Waals surface area contributed by atoms with Crippen LogP contribution in [-0.4, -0.2) is 76.4 Å². The van der Waals surface area contributed by atoms with Gasteiger partial charge in [0.1, 0.15) is 18.0 Å². The third-order valence-corrected chi connectivity index (χ3v) is 5.26. The third kappa shape index (κ3) is 3.96. The van der Waals surface area contributed by atoms with Crippen molar-refractivity contribution in [3.63, 3.8) is 0 Å². The van der Waals surface area contributed by atoms with E-state index in [2.05, 4.69) is 31.5 Å². The van der Waals surface area contributed by atoms with E-state index in [1.165, 1.54) is 0 Å². The van der Waals surface area contributed by atoms with E-state index in [0.29, 0.717) is 19.1 Å². The second kappa shape index (κ2) is 7.42. The van der Waals surface area contributed by atoms with Gasteiger partial charge in [-0.1, -0.05) is 0 Å². The highest BCUT2D eigenvalue weighted by Crippen LogP contribution is 2.22. The largest absolute Gasteiger partial charge is 0.367 e. The molecule has 1 amide bonds. The molecule has 0 spiro atoms. The number of aromatic nitrogens is 4. The van der Waals surface area contributed by atoms with E-state index in [1.54, 1.807) is 11.2 Å². The number of carbonyl (C=O) groups excluding carboxylic acids is 1. The van der Waals surface area contributed by atoms with Crippen molar-refractivity contribution < 1.29 is 4.79 Å². The number of hydrogen-bond acceptors (Lipinski definition) is 7. The number of hydrogen-bond donors (Lipinski definition) is 1. The molecule has 2 aromatic rings. The number of rotatable bonds is 4. The Kier molecular flexibility index (Phi) is 4.83. The smallest absolute Gasteiger partial charge is 0.241 e. The van der Waals surface area contributed by atoms with Crippen molar-refractivity contribution >= 4 is 23.2 Å². The summed E-state index contributed by atoms with van der Waals surface area (Å²) in [6, 6.07) is 2.26. The molecule has 9 heteroatoms. The van der Waals surface area contributed by atoms with E-state index >= 15 is 0 Å². The monoisotopic (exact) mass is 370 g/mol. The minimum absolute atomic E-state index is 0.119. The summed E-state index contributed by atoms with van der Waals surface area (Å²) in [5.41, 5.74) is 1.16. The molecule has 1 N–H and O–H groups in total. The van der Waals surface area contributed by atoms with Crippen LogP contribution in [0.25, 0.3) is 0 Å². The Morgan fingerprint density at radius 1 is 1.15 bits per heavy atom. The highest BCUT2D eigenvalue weighted by molar-refractivity contribution is 5.82. The predicted molar refractivity (Wildman–Crippen MR) is 104 cm³/mol. The number of piperazine rings is 1. The molecule has 2 fully saturated rings. The fourth-order valence-electron chi connectivity index (χ4n) is 3.66. The van der Waals surface area contributed by atoms with Gasteiger partial charge in [0.25, 0.3) is 0 Å². The maximum absolute atomic E-state index is 12.0. The average Bonchev–Trinajstić information content (AvgIpc) is 3.11. The van der Waals surface area contributed by atoms with Crippen LogP contribution in [0.2, 0.25) is 0 Å². The summed E-state index contributed by atoms with van der Waals surface area (Å²) >= 11 is 0. The summed E-state index contributed by atoms with van der Waals surface area (Å²) in [5, 5.41) is 7.82. The van der Waals surface area contributed by atoms with Crippen LogP contribution in [0.5, 0.6) is 0 Å². The van der Waals surface area contributed by atoms with Crippen molar-refractivity contribution in [3.05, 3.63) is 24.8 Å². The number of amides is 1. The summed E-state index contributed by atoms with van der Waals surface area (Å²) in [6.45, 7) is 3.83. The Labute approximate surface area is 159 Å². The molecule has 4 heterocycles. The van der Waals surface area contributed by atoms with Crippen molar-refractivity contribution in [2.75, 3.05) is 54.9 Å². The highest BCUT2D eigenvalue weighted by atomic mass is 16.2. The van der Waals surface area contributed by atoms with Crippen LogP contribution < -0.4 is 15.1 Å². The van der Waals surface area contributed by atoms with Gasteiger partial charge in [0, 0.05) is 58.6 Å².